The summed E-state index contributed by atoms with van der Waals surface area (Å²) in [5.41, 5.74) is 3.03. The summed E-state index contributed by atoms with van der Waals surface area (Å²) in [6.45, 7) is 5.09. The van der Waals surface area contributed by atoms with Crippen molar-refractivity contribution in [3.8, 4) is 17.1 Å². The number of ether oxygens (including phenoxy) is 1. The molecule has 10 heteroatoms. The lowest BCUT2D eigenvalue weighted by molar-refractivity contribution is 0.233. The van der Waals surface area contributed by atoms with Crippen LogP contribution in [0.25, 0.3) is 22.3 Å². The Labute approximate surface area is 203 Å². The Morgan fingerprint density at radius 1 is 1.03 bits per heavy atom. The predicted molar refractivity (Wildman–Crippen MR) is 135 cm³/mol. The maximum Gasteiger partial charge on any atom is 0.277 e. The summed E-state index contributed by atoms with van der Waals surface area (Å²) in [6.07, 6.45) is 1.53. The lowest BCUT2D eigenvalue weighted by Crippen LogP contribution is -2.42. The maximum absolute atomic E-state index is 12.5. The summed E-state index contributed by atoms with van der Waals surface area (Å²) in [4.78, 5) is 24.2. The number of aromatic amines is 1. The van der Waals surface area contributed by atoms with Crippen LogP contribution in [0.5, 0.6) is 5.75 Å². The van der Waals surface area contributed by atoms with Gasteiger partial charge in [-0.1, -0.05) is 12.1 Å². The number of H-pyrrole nitrogens is 1. The van der Waals surface area contributed by atoms with Crippen LogP contribution >= 0.6 is 12.4 Å². The molecule has 0 amide bonds. The van der Waals surface area contributed by atoms with Gasteiger partial charge in [-0.3, -0.25) is 9.69 Å². The van der Waals surface area contributed by atoms with E-state index in [0.717, 1.165) is 49.7 Å². The third kappa shape index (κ3) is 5.17. The van der Waals surface area contributed by atoms with Crippen molar-refractivity contribution in [1.82, 2.24) is 30.4 Å². The number of anilines is 2. The summed E-state index contributed by atoms with van der Waals surface area (Å²) < 4.78 is 5.24. The van der Waals surface area contributed by atoms with Crippen molar-refractivity contribution >= 4 is 34.8 Å². The molecule has 1 saturated heterocycles. The predicted octanol–water partition coefficient (Wildman–Crippen LogP) is 2.96. The van der Waals surface area contributed by atoms with E-state index in [2.05, 4.69) is 47.8 Å². The van der Waals surface area contributed by atoms with Gasteiger partial charge in [0, 0.05) is 44.0 Å². The van der Waals surface area contributed by atoms with Gasteiger partial charge in [0.2, 0.25) is 0 Å². The number of halogens is 1. The topological polar surface area (TPSA) is 108 Å². The van der Waals surface area contributed by atoms with Crippen LogP contribution in [0.3, 0.4) is 0 Å². The van der Waals surface area contributed by atoms with E-state index in [1.54, 1.807) is 7.11 Å². The molecular weight excluding hydrogens is 454 g/mol. The van der Waals surface area contributed by atoms with Crippen molar-refractivity contribution < 1.29 is 4.74 Å². The number of nitrogens with one attached hydrogen (secondary N) is 3. The van der Waals surface area contributed by atoms with E-state index >= 15 is 0 Å². The number of hydrogen-bond donors (Lipinski definition) is 3. The Hall–Kier alpha value is -3.53. The molecule has 0 aliphatic carbocycles. The molecule has 3 N–H and O–H groups in total. The number of hydrogen-bond acceptors (Lipinski definition) is 8. The lowest BCUT2D eigenvalue weighted by Gasteiger charge is -2.27. The molecule has 4 aromatic rings. The third-order valence-corrected chi connectivity index (χ3v) is 5.70. The zero-order chi connectivity index (χ0) is 22.6. The van der Waals surface area contributed by atoms with Crippen molar-refractivity contribution in [2.45, 2.75) is 6.54 Å². The van der Waals surface area contributed by atoms with Crippen LogP contribution in [-0.4, -0.2) is 58.4 Å². The highest BCUT2D eigenvalue weighted by Gasteiger charge is 2.14. The van der Waals surface area contributed by atoms with Crippen molar-refractivity contribution in [2.24, 2.45) is 0 Å². The quantitative estimate of drug-likeness (QED) is 0.387. The minimum atomic E-state index is -0.341. The number of aromatic nitrogens is 4. The second-order valence-electron chi connectivity index (χ2n) is 7.93. The van der Waals surface area contributed by atoms with E-state index in [0.29, 0.717) is 22.5 Å². The first-order chi connectivity index (χ1) is 16.2. The second-order valence-corrected chi connectivity index (χ2v) is 7.93. The standard InChI is InChI=1S/C24H25N7O2.ClH/c1-33-19-8-4-17(5-9-19)22-28-20-14-26-30-24(32)21(20)23(29-22)27-18-6-2-16(3-7-18)15-31-12-10-25-11-13-31;/h2-9,14,25H,10-13,15H2,1H3,(H,30,32)(H,27,28,29);1H. The van der Waals surface area contributed by atoms with Gasteiger partial charge in [-0.25, -0.2) is 15.1 Å². The fraction of sp³-hybridized carbons (Fsp3) is 0.250. The second kappa shape index (κ2) is 10.6. The van der Waals surface area contributed by atoms with Gasteiger partial charge in [0.15, 0.2) is 5.82 Å². The molecule has 1 aliphatic rings. The summed E-state index contributed by atoms with van der Waals surface area (Å²) >= 11 is 0. The van der Waals surface area contributed by atoms with Crippen LogP contribution in [0.2, 0.25) is 0 Å². The highest BCUT2D eigenvalue weighted by atomic mass is 35.5. The lowest BCUT2D eigenvalue weighted by atomic mass is 10.1. The van der Waals surface area contributed by atoms with Gasteiger partial charge >= 0.3 is 0 Å². The molecule has 0 radical (unpaired) electrons. The molecule has 0 bridgehead atoms. The smallest absolute Gasteiger partial charge is 0.277 e. The highest BCUT2D eigenvalue weighted by molar-refractivity contribution is 5.91. The number of piperazine rings is 1. The highest BCUT2D eigenvalue weighted by Crippen LogP contribution is 2.26. The Balaban J connectivity index is 0.00000274. The SMILES string of the molecule is COc1ccc(-c2nc(Nc3ccc(CN4CCNCC4)cc3)c3c(=O)[nH]ncc3n2)cc1.Cl. The van der Waals surface area contributed by atoms with Crippen LogP contribution in [0.4, 0.5) is 11.5 Å². The van der Waals surface area contributed by atoms with Gasteiger partial charge in [0.1, 0.15) is 22.5 Å². The van der Waals surface area contributed by atoms with E-state index in [1.165, 1.54) is 11.8 Å². The van der Waals surface area contributed by atoms with E-state index in [1.807, 2.05) is 36.4 Å². The zero-order valence-electron chi connectivity index (χ0n) is 18.7. The van der Waals surface area contributed by atoms with Crippen LogP contribution in [0, 0.1) is 0 Å². The summed E-state index contributed by atoms with van der Waals surface area (Å²) in [5.74, 6) is 1.68. The first kappa shape index (κ1) is 23.6. The Bertz CT molecular complexity index is 1300. The van der Waals surface area contributed by atoms with Crippen LogP contribution in [0.15, 0.2) is 59.5 Å². The molecule has 0 saturated carbocycles. The maximum atomic E-state index is 12.5. The number of rotatable bonds is 6. The molecule has 1 fully saturated rings. The van der Waals surface area contributed by atoms with Gasteiger partial charge < -0.3 is 15.4 Å². The van der Waals surface area contributed by atoms with Crippen LogP contribution in [-0.2, 0) is 6.54 Å². The van der Waals surface area contributed by atoms with Crippen LogP contribution in [0.1, 0.15) is 5.56 Å². The number of benzene rings is 2. The fourth-order valence-corrected chi connectivity index (χ4v) is 3.92. The van der Waals surface area contributed by atoms with Crippen LogP contribution < -0.4 is 20.9 Å². The number of fused-ring (bicyclic) bond motifs is 1. The third-order valence-electron chi connectivity index (χ3n) is 5.70. The minimum absolute atomic E-state index is 0. The van der Waals surface area contributed by atoms with Gasteiger partial charge in [-0.2, -0.15) is 5.10 Å². The van der Waals surface area contributed by atoms with E-state index < -0.39 is 0 Å². The van der Waals surface area contributed by atoms with Crippen molar-refractivity contribution in [3.05, 3.63) is 70.6 Å². The molecular formula is C24H26ClN7O2. The first-order valence-corrected chi connectivity index (χ1v) is 10.9. The average molecular weight is 480 g/mol. The van der Waals surface area contributed by atoms with E-state index in [-0.39, 0.29) is 18.0 Å². The zero-order valence-corrected chi connectivity index (χ0v) is 19.6. The molecule has 34 heavy (non-hydrogen) atoms. The number of nitrogens with zero attached hydrogens (tertiary/aromatic N) is 4. The van der Waals surface area contributed by atoms with Gasteiger partial charge in [-0.15, -0.1) is 12.4 Å². The molecule has 176 valence electrons. The Morgan fingerprint density at radius 2 is 1.76 bits per heavy atom. The van der Waals surface area contributed by atoms with Gasteiger partial charge in [0.25, 0.3) is 5.56 Å². The van der Waals surface area contributed by atoms with Crippen molar-refractivity contribution in [3.63, 3.8) is 0 Å². The molecule has 0 unspecified atom stereocenters. The molecule has 0 atom stereocenters. The van der Waals surface area contributed by atoms with E-state index in [9.17, 15) is 4.79 Å². The molecule has 9 nitrogen and oxygen atoms in total. The molecule has 0 spiro atoms. The molecule has 2 aromatic heterocycles. The molecule has 3 heterocycles. The van der Waals surface area contributed by atoms with Crippen molar-refractivity contribution in [1.29, 1.82) is 0 Å². The molecule has 2 aromatic carbocycles. The minimum Gasteiger partial charge on any atom is -0.497 e. The molecule has 5 rings (SSSR count). The van der Waals surface area contributed by atoms with Gasteiger partial charge in [-0.05, 0) is 42.0 Å². The summed E-state index contributed by atoms with van der Waals surface area (Å²) in [7, 11) is 1.62. The Morgan fingerprint density at radius 3 is 2.47 bits per heavy atom. The van der Waals surface area contributed by atoms with Gasteiger partial charge in [0.05, 0.1) is 13.3 Å². The number of methoxy groups -OCH3 is 1. The fourth-order valence-electron chi connectivity index (χ4n) is 3.92. The summed E-state index contributed by atoms with van der Waals surface area (Å²) in [6, 6.07) is 15.7. The average Bonchev–Trinajstić information content (AvgIpc) is 2.86. The van der Waals surface area contributed by atoms with E-state index in [4.69, 9.17) is 4.74 Å². The largest absolute Gasteiger partial charge is 0.497 e. The molecule has 1 aliphatic heterocycles. The monoisotopic (exact) mass is 479 g/mol. The van der Waals surface area contributed by atoms with Crippen molar-refractivity contribution in [2.75, 3.05) is 38.6 Å². The Kier molecular flexibility index (Phi) is 7.36. The normalized spacial score (nSPS) is 13.9. The first-order valence-electron chi connectivity index (χ1n) is 10.9. The summed E-state index contributed by atoms with van der Waals surface area (Å²) in [5, 5.41) is 13.4.